The number of carbonyl (C=O) groups excluding carboxylic acids is 1. The Balaban J connectivity index is 1.44. The van der Waals surface area contributed by atoms with Gasteiger partial charge >= 0.3 is 0 Å². The number of rotatable bonds is 7. The second-order valence-electron chi connectivity index (χ2n) is 7.51. The van der Waals surface area contributed by atoms with Crippen LogP contribution in [0, 0.1) is 0 Å². The molecule has 4 rings (SSSR count). The van der Waals surface area contributed by atoms with E-state index in [9.17, 15) is 4.79 Å². The van der Waals surface area contributed by atoms with Gasteiger partial charge in [0.1, 0.15) is 12.4 Å². The maximum absolute atomic E-state index is 12.5. The average molecular weight is 643 g/mol. The molecule has 0 unspecified atom stereocenters. The van der Waals surface area contributed by atoms with E-state index in [0.717, 1.165) is 32.2 Å². The number of nitrogens with one attached hydrogen (secondary N) is 2. The van der Waals surface area contributed by atoms with Gasteiger partial charge in [0.15, 0.2) is 5.50 Å². The predicted octanol–water partition coefficient (Wildman–Crippen LogP) is 8.26. The fourth-order valence-corrected chi connectivity index (χ4v) is 6.19. The summed E-state index contributed by atoms with van der Waals surface area (Å²) in [6.45, 7) is 2.41. The van der Waals surface area contributed by atoms with E-state index in [4.69, 9.17) is 27.9 Å². The van der Waals surface area contributed by atoms with Crippen molar-refractivity contribution in [1.29, 1.82) is 0 Å². The van der Waals surface area contributed by atoms with Gasteiger partial charge in [-0.2, -0.15) is 0 Å². The maximum Gasteiger partial charge on any atom is 0.260 e. The first-order valence-corrected chi connectivity index (χ1v) is 13.6. The molecule has 1 heterocycles. The summed E-state index contributed by atoms with van der Waals surface area (Å²) in [5.74, 6) is 0.532. The van der Waals surface area contributed by atoms with Crippen molar-refractivity contribution in [2.75, 3.05) is 5.32 Å². The highest BCUT2D eigenvalue weighted by Gasteiger charge is 2.27. The van der Waals surface area contributed by atoms with Gasteiger partial charge in [0, 0.05) is 21.3 Å². The number of hydrogen-bond acceptors (Lipinski definition) is 4. The van der Waals surface area contributed by atoms with E-state index in [1.54, 1.807) is 12.1 Å². The molecular weight excluding hydrogens is 623 g/mol. The smallest absolute Gasteiger partial charge is 0.260 e. The van der Waals surface area contributed by atoms with E-state index in [-0.39, 0.29) is 11.4 Å². The summed E-state index contributed by atoms with van der Waals surface area (Å²) in [6.07, 6.45) is 2.85. The topological polar surface area (TPSA) is 50.4 Å². The molecule has 1 aliphatic heterocycles. The number of thioether (sulfide) groups is 1. The van der Waals surface area contributed by atoms with Gasteiger partial charge in [-0.3, -0.25) is 4.79 Å². The summed E-state index contributed by atoms with van der Waals surface area (Å²) in [5, 5.41) is 7.44. The lowest BCUT2D eigenvalue weighted by Gasteiger charge is -2.13. The van der Waals surface area contributed by atoms with Crippen LogP contribution in [0.4, 0.5) is 5.69 Å². The van der Waals surface area contributed by atoms with E-state index >= 15 is 0 Å². The van der Waals surface area contributed by atoms with Crippen LogP contribution in [0.25, 0.3) is 6.08 Å². The molecule has 0 bridgehead atoms. The molecular formula is C25H20Br2Cl2N2O2S. The van der Waals surface area contributed by atoms with E-state index in [1.807, 2.05) is 36.4 Å². The summed E-state index contributed by atoms with van der Waals surface area (Å²) in [7, 11) is 0. The summed E-state index contributed by atoms with van der Waals surface area (Å²) >= 11 is 20.8. The molecule has 1 amide bonds. The minimum Gasteiger partial charge on any atom is -0.486 e. The Morgan fingerprint density at radius 3 is 2.44 bits per heavy atom. The van der Waals surface area contributed by atoms with Crippen molar-refractivity contribution < 1.29 is 9.53 Å². The van der Waals surface area contributed by atoms with Crippen molar-refractivity contribution in [1.82, 2.24) is 5.32 Å². The molecule has 0 saturated carbocycles. The van der Waals surface area contributed by atoms with Crippen LogP contribution in [0.1, 0.15) is 23.6 Å². The zero-order valence-corrected chi connectivity index (χ0v) is 23.5. The molecule has 0 aliphatic carbocycles. The zero-order valence-electron chi connectivity index (χ0n) is 18.0. The first-order chi connectivity index (χ1) is 16.3. The Morgan fingerprint density at radius 2 is 1.79 bits per heavy atom. The highest BCUT2D eigenvalue weighted by Crippen LogP contribution is 2.38. The molecule has 2 N–H and O–H groups in total. The highest BCUT2D eigenvalue weighted by atomic mass is 79.9. The SMILES string of the molecule is CCc1ccc(N[C@@H]2NC(=O)/C(=C/c3cc(Br)c(OCc4ccc(Cl)cc4Cl)c(Br)c3)S2)cc1. The van der Waals surface area contributed by atoms with Crippen molar-refractivity contribution >= 4 is 84.5 Å². The van der Waals surface area contributed by atoms with Gasteiger partial charge in [-0.05, 0) is 91.9 Å². The summed E-state index contributed by atoms with van der Waals surface area (Å²) < 4.78 is 7.50. The number of hydrogen-bond donors (Lipinski definition) is 2. The van der Waals surface area contributed by atoms with Crippen LogP contribution >= 0.6 is 66.8 Å². The lowest BCUT2D eigenvalue weighted by atomic mass is 10.1. The zero-order chi connectivity index (χ0) is 24.2. The first-order valence-electron chi connectivity index (χ1n) is 10.4. The van der Waals surface area contributed by atoms with Crippen molar-refractivity contribution in [2.45, 2.75) is 25.4 Å². The standard InChI is InChI=1S/C25H20Br2Cl2N2O2S/c1-2-14-3-7-18(8-4-14)30-25-31-24(32)22(34-25)11-15-9-19(26)23(20(27)10-15)33-13-16-5-6-17(28)12-21(16)29/h3-12,25,30H,2,13H2,1H3,(H,31,32)/b22-11-/t25-/m1/s1. The summed E-state index contributed by atoms with van der Waals surface area (Å²) in [5.41, 5.74) is 3.70. The number of ether oxygens (including phenoxy) is 1. The Labute approximate surface area is 229 Å². The lowest BCUT2D eigenvalue weighted by molar-refractivity contribution is -0.116. The van der Waals surface area contributed by atoms with Gasteiger partial charge in [-0.1, -0.05) is 60.1 Å². The van der Waals surface area contributed by atoms with E-state index in [0.29, 0.717) is 27.3 Å². The Morgan fingerprint density at radius 1 is 1.09 bits per heavy atom. The second kappa shape index (κ2) is 11.4. The van der Waals surface area contributed by atoms with Crippen LogP contribution in [0.2, 0.25) is 10.0 Å². The van der Waals surface area contributed by atoms with E-state index in [2.05, 4.69) is 61.5 Å². The van der Waals surface area contributed by atoms with Crippen LogP contribution in [0.15, 0.2) is 68.4 Å². The van der Waals surface area contributed by atoms with Gasteiger partial charge in [-0.15, -0.1) is 0 Å². The second-order valence-corrected chi connectivity index (χ2v) is 11.2. The number of halogens is 4. The lowest BCUT2D eigenvalue weighted by Crippen LogP contribution is -2.30. The van der Waals surface area contributed by atoms with Crippen molar-refractivity contribution in [3.63, 3.8) is 0 Å². The van der Waals surface area contributed by atoms with E-state index < -0.39 is 0 Å². The monoisotopic (exact) mass is 640 g/mol. The van der Waals surface area contributed by atoms with Crippen LogP contribution < -0.4 is 15.4 Å². The fraction of sp³-hybridized carbons (Fsp3) is 0.160. The highest BCUT2D eigenvalue weighted by molar-refractivity contribution is 9.11. The van der Waals surface area contributed by atoms with Crippen LogP contribution in [-0.4, -0.2) is 11.4 Å². The maximum atomic E-state index is 12.5. The molecule has 0 radical (unpaired) electrons. The summed E-state index contributed by atoms with van der Waals surface area (Å²) in [6, 6.07) is 17.3. The molecule has 176 valence electrons. The summed E-state index contributed by atoms with van der Waals surface area (Å²) in [4.78, 5) is 13.1. The Bertz CT molecular complexity index is 1230. The molecule has 1 atom stereocenters. The molecule has 3 aromatic rings. The van der Waals surface area contributed by atoms with Gasteiger partial charge in [0.25, 0.3) is 5.91 Å². The minimum absolute atomic E-state index is 0.113. The third-order valence-electron chi connectivity index (χ3n) is 5.10. The molecule has 9 heteroatoms. The third-order valence-corrected chi connectivity index (χ3v) is 7.89. The number of anilines is 1. The molecule has 4 nitrogen and oxygen atoms in total. The van der Waals surface area contributed by atoms with E-state index in [1.165, 1.54) is 17.3 Å². The molecule has 0 spiro atoms. The van der Waals surface area contributed by atoms with Gasteiger partial charge < -0.3 is 15.4 Å². The van der Waals surface area contributed by atoms with Crippen LogP contribution in [-0.2, 0) is 17.8 Å². The minimum atomic E-state index is -0.232. The van der Waals surface area contributed by atoms with Crippen LogP contribution in [0.5, 0.6) is 5.75 Å². The Hall–Kier alpha value is -1.64. The third kappa shape index (κ3) is 6.32. The first kappa shape index (κ1) is 25.5. The number of carbonyl (C=O) groups is 1. The normalized spacial score (nSPS) is 16.6. The van der Waals surface area contributed by atoms with Crippen molar-refractivity contribution in [3.05, 3.63) is 95.2 Å². The molecule has 1 fully saturated rings. The number of amides is 1. The molecule has 3 aromatic carbocycles. The molecule has 34 heavy (non-hydrogen) atoms. The quantitative estimate of drug-likeness (QED) is 0.255. The number of aryl methyl sites for hydroxylation is 1. The largest absolute Gasteiger partial charge is 0.486 e. The van der Waals surface area contributed by atoms with Crippen molar-refractivity contribution in [3.8, 4) is 5.75 Å². The average Bonchev–Trinajstić information content (AvgIpc) is 3.13. The van der Waals surface area contributed by atoms with Crippen LogP contribution in [0.3, 0.4) is 0 Å². The van der Waals surface area contributed by atoms with Gasteiger partial charge in [0.05, 0.1) is 13.9 Å². The van der Waals surface area contributed by atoms with Crippen molar-refractivity contribution in [2.24, 2.45) is 0 Å². The molecule has 0 aromatic heterocycles. The van der Waals surface area contributed by atoms with Gasteiger partial charge in [-0.25, -0.2) is 0 Å². The Kier molecular flexibility index (Phi) is 8.53. The molecule has 1 aliphatic rings. The fourth-order valence-electron chi connectivity index (χ4n) is 3.29. The molecule has 1 saturated heterocycles. The predicted molar refractivity (Wildman–Crippen MR) is 150 cm³/mol. The number of benzene rings is 3. The van der Waals surface area contributed by atoms with Gasteiger partial charge in [0.2, 0.25) is 0 Å².